The average Bonchev–Trinajstić information content (AvgIpc) is 2.91. The molecule has 2 fully saturated rings. The molecule has 0 amide bonds. The number of hydrogen-bond donors (Lipinski definition) is 0. The van der Waals surface area contributed by atoms with E-state index in [4.69, 9.17) is 13.7 Å². The summed E-state index contributed by atoms with van der Waals surface area (Å²) in [6.45, 7) is 2.75. The van der Waals surface area contributed by atoms with Gasteiger partial charge in [-0.05, 0) is 25.5 Å². The number of hydrogen-bond acceptors (Lipinski definition) is 5. The van der Waals surface area contributed by atoms with Crippen molar-refractivity contribution in [2.75, 3.05) is 13.2 Å². The first-order valence-corrected chi connectivity index (χ1v) is 8.73. The minimum Gasteiger partial charge on any atom is -0.347 e. The maximum atomic E-state index is 14.3. The highest BCUT2D eigenvalue weighted by atomic mass is 32.2. The van der Waals surface area contributed by atoms with Crippen molar-refractivity contribution in [1.82, 2.24) is 0 Å². The average molecular weight is 330 g/mol. The van der Waals surface area contributed by atoms with Gasteiger partial charge >= 0.3 is 0 Å². The molecule has 1 saturated carbocycles. The van der Waals surface area contributed by atoms with Gasteiger partial charge in [0.05, 0.1) is 18.1 Å². The first-order chi connectivity index (χ1) is 10.4. The monoisotopic (exact) mass is 330 g/mol. The molecule has 2 aliphatic rings. The highest BCUT2D eigenvalue weighted by molar-refractivity contribution is 7.86. The van der Waals surface area contributed by atoms with Crippen molar-refractivity contribution in [3.63, 3.8) is 0 Å². The number of ether oxygens (including phenoxy) is 2. The number of benzene rings is 1. The molecule has 3 rings (SSSR count). The van der Waals surface area contributed by atoms with Crippen molar-refractivity contribution in [3.05, 3.63) is 29.8 Å². The molecule has 1 aliphatic heterocycles. The Morgan fingerprint density at radius 1 is 1.23 bits per heavy atom. The van der Waals surface area contributed by atoms with E-state index in [9.17, 15) is 12.8 Å². The van der Waals surface area contributed by atoms with Crippen molar-refractivity contribution >= 4 is 10.1 Å². The van der Waals surface area contributed by atoms with Crippen LogP contribution in [-0.4, -0.2) is 39.7 Å². The van der Waals surface area contributed by atoms with Gasteiger partial charge in [0, 0.05) is 12.8 Å². The quantitative estimate of drug-likeness (QED) is 0.796. The third-order valence-electron chi connectivity index (χ3n) is 4.09. The highest BCUT2D eigenvalue weighted by Gasteiger charge is 2.47. The van der Waals surface area contributed by atoms with Crippen LogP contribution in [0.1, 0.15) is 24.8 Å². The molecule has 2 atom stereocenters. The number of halogens is 1. The van der Waals surface area contributed by atoms with Crippen LogP contribution in [0.5, 0.6) is 0 Å². The summed E-state index contributed by atoms with van der Waals surface area (Å²) in [5.41, 5.74) is 0.942. The molecule has 0 N–H and O–H groups in total. The van der Waals surface area contributed by atoms with Crippen LogP contribution in [0.2, 0.25) is 0 Å². The van der Waals surface area contributed by atoms with E-state index in [-0.39, 0.29) is 17.7 Å². The van der Waals surface area contributed by atoms with Crippen LogP contribution in [-0.2, 0) is 23.8 Å². The van der Waals surface area contributed by atoms with Crippen LogP contribution >= 0.6 is 0 Å². The van der Waals surface area contributed by atoms with Gasteiger partial charge in [0.15, 0.2) is 5.79 Å². The minimum absolute atomic E-state index is 0.00108. The fourth-order valence-electron chi connectivity index (χ4n) is 2.86. The number of alkyl halides is 1. The molecular formula is C15H19FO5S. The molecule has 0 unspecified atom stereocenters. The van der Waals surface area contributed by atoms with E-state index in [2.05, 4.69) is 0 Å². The maximum Gasteiger partial charge on any atom is 0.297 e. The van der Waals surface area contributed by atoms with E-state index in [0.29, 0.717) is 19.6 Å². The molecular weight excluding hydrogens is 311 g/mol. The Hall–Kier alpha value is -1.02. The van der Waals surface area contributed by atoms with Gasteiger partial charge in [-0.25, -0.2) is 4.39 Å². The molecule has 1 aliphatic carbocycles. The first kappa shape index (κ1) is 15.9. The first-order valence-electron chi connectivity index (χ1n) is 7.32. The molecule has 1 saturated heterocycles. The summed E-state index contributed by atoms with van der Waals surface area (Å²) < 4.78 is 54.8. The summed E-state index contributed by atoms with van der Waals surface area (Å²) in [4.78, 5) is 0.0407. The summed E-state index contributed by atoms with van der Waals surface area (Å²) in [6.07, 6.45) is -1.76. The predicted molar refractivity (Wildman–Crippen MR) is 76.6 cm³/mol. The second kappa shape index (κ2) is 5.88. The van der Waals surface area contributed by atoms with E-state index >= 15 is 0 Å². The molecule has 1 aromatic carbocycles. The van der Waals surface area contributed by atoms with Crippen molar-refractivity contribution < 1.29 is 26.5 Å². The van der Waals surface area contributed by atoms with Crippen LogP contribution in [0.3, 0.4) is 0 Å². The van der Waals surface area contributed by atoms with Gasteiger partial charge in [0.2, 0.25) is 0 Å². The van der Waals surface area contributed by atoms with Crippen LogP contribution in [0, 0.1) is 6.92 Å². The summed E-state index contributed by atoms with van der Waals surface area (Å²) in [6, 6.07) is 6.29. The van der Waals surface area contributed by atoms with Gasteiger partial charge in [0.1, 0.15) is 12.3 Å². The summed E-state index contributed by atoms with van der Waals surface area (Å²) >= 11 is 0. The highest BCUT2D eigenvalue weighted by Crippen LogP contribution is 2.39. The van der Waals surface area contributed by atoms with Crippen LogP contribution in [0.25, 0.3) is 0 Å². The van der Waals surface area contributed by atoms with Crippen molar-refractivity contribution in [3.8, 4) is 0 Å². The van der Waals surface area contributed by atoms with Crippen molar-refractivity contribution in [2.45, 2.75) is 49.1 Å². The molecule has 0 radical (unpaired) electrons. The second-order valence-electron chi connectivity index (χ2n) is 5.77. The van der Waals surface area contributed by atoms with Crippen LogP contribution in [0.15, 0.2) is 29.2 Å². The van der Waals surface area contributed by atoms with Gasteiger partial charge in [-0.2, -0.15) is 8.42 Å². The van der Waals surface area contributed by atoms with Gasteiger partial charge in [-0.1, -0.05) is 17.7 Å². The van der Waals surface area contributed by atoms with E-state index in [0.717, 1.165) is 5.56 Å². The normalized spacial score (nSPS) is 28.1. The third kappa shape index (κ3) is 3.17. The summed E-state index contributed by atoms with van der Waals surface area (Å²) in [5, 5.41) is 0. The van der Waals surface area contributed by atoms with E-state index in [1.54, 1.807) is 12.1 Å². The lowest BCUT2D eigenvalue weighted by molar-refractivity contribution is -0.201. The van der Waals surface area contributed by atoms with Gasteiger partial charge in [-0.3, -0.25) is 4.18 Å². The lowest BCUT2D eigenvalue weighted by Crippen LogP contribution is -2.45. The summed E-state index contributed by atoms with van der Waals surface area (Å²) in [7, 11) is -3.97. The zero-order valence-electron chi connectivity index (χ0n) is 12.3. The topological polar surface area (TPSA) is 61.8 Å². The number of rotatable bonds is 3. The maximum absolute atomic E-state index is 14.3. The van der Waals surface area contributed by atoms with Crippen molar-refractivity contribution in [2.24, 2.45) is 0 Å². The zero-order valence-corrected chi connectivity index (χ0v) is 13.1. The largest absolute Gasteiger partial charge is 0.347 e. The Morgan fingerprint density at radius 2 is 1.86 bits per heavy atom. The molecule has 7 heteroatoms. The van der Waals surface area contributed by atoms with Gasteiger partial charge in [-0.15, -0.1) is 0 Å². The Balaban J connectivity index is 1.69. The molecule has 122 valence electrons. The molecule has 22 heavy (non-hydrogen) atoms. The SMILES string of the molecule is Cc1ccc(S(=O)(=O)O[C@H]2CCC3(C[C@H]2F)OCCO3)cc1. The summed E-state index contributed by atoms with van der Waals surface area (Å²) in [5.74, 6) is -0.896. The fourth-order valence-corrected chi connectivity index (χ4v) is 3.99. The van der Waals surface area contributed by atoms with Crippen molar-refractivity contribution in [1.29, 1.82) is 0 Å². The minimum atomic E-state index is -3.97. The predicted octanol–water partition coefficient (Wildman–Crippen LogP) is 2.33. The molecule has 1 spiro atoms. The van der Waals surface area contributed by atoms with Crippen LogP contribution in [0.4, 0.5) is 4.39 Å². The Labute approximate surface area is 129 Å². The standard InChI is InChI=1S/C15H19FO5S/c1-11-2-4-12(5-3-11)22(17,18)21-14-6-7-15(10-13(14)16)19-8-9-20-15/h2-5,13-14H,6-10H2,1H3/t13-,14+/m1/s1. The third-order valence-corrected chi connectivity index (χ3v) is 5.44. The van der Waals surface area contributed by atoms with Crippen LogP contribution < -0.4 is 0 Å². The Kier molecular flexibility index (Phi) is 4.24. The Bertz CT molecular complexity index is 622. The lowest BCUT2D eigenvalue weighted by atomic mass is 9.90. The molecule has 1 heterocycles. The van der Waals surface area contributed by atoms with E-state index in [1.165, 1.54) is 12.1 Å². The molecule has 1 aromatic rings. The molecule has 0 aromatic heterocycles. The molecule has 0 bridgehead atoms. The van der Waals surface area contributed by atoms with Gasteiger partial charge < -0.3 is 9.47 Å². The zero-order chi connectivity index (χ0) is 15.8. The Morgan fingerprint density at radius 3 is 2.45 bits per heavy atom. The fraction of sp³-hybridized carbons (Fsp3) is 0.600. The second-order valence-corrected chi connectivity index (χ2v) is 7.34. The smallest absolute Gasteiger partial charge is 0.297 e. The number of aryl methyl sites for hydroxylation is 1. The van der Waals surface area contributed by atoms with Gasteiger partial charge in [0.25, 0.3) is 10.1 Å². The van der Waals surface area contributed by atoms with E-state index in [1.807, 2.05) is 6.92 Å². The van der Waals surface area contributed by atoms with E-state index < -0.39 is 28.2 Å². The lowest BCUT2D eigenvalue weighted by Gasteiger charge is -2.36. The molecule has 5 nitrogen and oxygen atoms in total.